The second-order valence-corrected chi connectivity index (χ2v) is 6.12. The van der Waals surface area contributed by atoms with Crippen LogP contribution < -0.4 is 10.6 Å². The van der Waals surface area contributed by atoms with Crippen molar-refractivity contribution in [2.24, 2.45) is 5.92 Å². The summed E-state index contributed by atoms with van der Waals surface area (Å²) in [4.78, 5) is 12.2. The molecule has 24 heavy (non-hydrogen) atoms. The molecule has 0 aliphatic carbocycles. The lowest BCUT2D eigenvalue weighted by Crippen LogP contribution is -2.28. The van der Waals surface area contributed by atoms with Crippen molar-refractivity contribution in [3.63, 3.8) is 0 Å². The van der Waals surface area contributed by atoms with Crippen LogP contribution in [0.15, 0.2) is 30.3 Å². The summed E-state index contributed by atoms with van der Waals surface area (Å²) >= 11 is 0. The van der Waals surface area contributed by atoms with E-state index in [4.69, 9.17) is 4.74 Å². The Morgan fingerprint density at radius 3 is 2.50 bits per heavy atom. The smallest absolute Gasteiger partial charge is 0.228 e. The molecule has 2 aromatic rings. The second kappa shape index (κ2) is 7.40. The summed E-state index contributed by atoms with van der Waals surface area (Å²) in [6.07, 6.45) is 1.51. The number of carbonyl (C=O) groups excluding carboxylic acids is 1. The number of rotatable bonds is 4. The molecule has 0 radical (unpaired) electrons. The topological polar surface area (TPSA) is 76.1 Å². The summed E-state index contributed by atoms with van der Waals surface area (Å²) in [6, 6.07) is 9.78. The standard InChI is InChI=1S/C18H22N4O2/c1-12-3-4-13(2)15(11-12)19-16-5-6-17(22-21-16)20-18(23)14-7-9-24-10-8-14/h3-6,11,14H,7-10H2,1-2H3,(H,19,21)(H,20,22,23). The molecule has 6 nitrogen and oxygen atoms in total. The molecule has 1 fully saturated rings. The van der Waals surface area contributed by atoms with Crippen LogP contribution in [0.2, 0.25) is 0 Å². The van der Waals surface area contributed by atoms with Gasteiger partial charge in [0.1, 0.15) is 0 Å². The van der Waals surface area contributed by atoms with Gasteiger partial charge in [-0.3, -0.25) is 4.79 Å². The molecule has 1 aliphatic heterocycles. The van der Waals surface area contributed by atoms with E-state index < -0.39 is 0 Å². The normalized spacial score (nSPS) is 15.1. The van der Waals surface area contributed by atoms with Crippen LogP contribution in [0.5, 0.6) is 0 Å². The number of amides is 1. The number of benzene rings is 1. The van der Waals surface area contributed by atoms with E-state index in [0.29, 0.717) is 24.8 Å². The summed E-state index contributed by atoms with van der Waals surface area (Å²) in [5.41, 5.74) is 3.32. The highest BCUT2D eigenvalue weighted by Crippen LogP contribution is 2.21. The molecule has 2 N–H and O–H groups in total. The highest BCUT2D eigenvalue weighted by Gasteiger charge is 2.21. The van der Waals surface area contributed by atoms with Crippen molar-refractivity contribution in [2.75, 3.05) is 23.8 Å². The third-order valence-electron chi connectivity index (χ3n) is 4.16. The van der Waals surface area contributed by atoms with Crippen molar-refractivity contribution in [1.29, 1.82) is 0 Å². The van der Waals surface area contributed by atoms with Gasteiger partial charge in [-0.05, 0) is 56.0 Å². The van der Waals surface area contributed by atoms with Crippen LogP contribution in [0, 0.1) is 19.8 Å². The molecule has 0 bridgehead atoms. The van der Waals surface area contributed by atoms with Crippen molar-refractivity contribution in [3.8, 4) is 0 Å². The molecule has 6 heteroatoms. The van der Waals surface area contributed by atoms with E-state index >= 15 is 0 Å². The average Bonchev–Trinajstić information content (AvgIpc) is 2.60. The Kier molecular flexibility index (Phi) is 5.05. The number of aromatic nitrogens is 2. The van der Waals surface area contributed by atoms with Crippen molar-refractivity contribution in [2.45, 2.75) is 26.7 Å². The van der Waals surface area contributed by atoms with Crippen molar-refractivity contribution < 1.29 is 9.53 Å². The Morgan fingerprint density at radius 2 is 1.79 bits per heavy atom. The average molecular weight is 326 g/mol. The fourth-order valence-corrected chi connectivity index (χ4v) is 2.66. The van der Waals surface area contributed by atoms with Crippen LogP contribution in [0.25, 0.3) is 0 Å². The maximum absolute atomic E-state index is 12.2. The van der Waals surface area contributed by atoms with Gasteiger partial charge in [0.25, 0.3) is 0 Å². The molecule has 0 saturated carbocycles. The highest BCUT2D eigenvalue weighted by atomic mass is 16.5. The maximum atomic E-state index is 12.2. The molecule has 1 aliphatic rings. The van der Waals surface area contributed by atoms with Crippen LogP contribution in [0.1, 0.15) is 24.0 Å². The maximum Gasteiger partial charge on any atom is 0.228 e. The largest absolute Gasteiger partial charge is 0.381 e. The van der Waals surface area contributed by atoms with Gasteiger partial charge in [0.05, 0.1) is 0 Å². The van der Waals surface area contributed by atoms with Gasteiger partial charge in [-0.15, -0.1) is 10.2 Å². The van der Waals surface area contributed by atoms with Gasteiger partial charge in [-0.25, -0.2) is 0 Å². The fraction of sp³-hybridized carbons (Fsp3) is 0.389. The third-order valence-corrected chi connectivity index (χ3v) is 4.16. The first-order valence-electron chi connectivity index (χ1n) is 8.18. The second-order valence-electron chi connectivity index (χ2n) is 6.12. The summed E-state index contributed by atoms with van der Waals surface area (Å²) in [5, 5.41) is 14.3. The zero-order chi connectivity index (χ0) is 16.9. The van der Waals surface area contributed by atoms with E-state index in [1.165, 1.54) is 5.56 Å². The van der Waals surface area contributed by atoms with Crippen LogP contribution in [-0.2, 0) is 9.53 Å². The van der Waals surface area contributed by atoms with E-state index in [0.717, 1.165) is 24.1 Å². The van der Waals surface area contributed by atoms with Crippen LogP contribution in [0.4, 0.5) is 17.3 Å². The Bertz CT molecular complexity index is 709. The zero-order valence-electron chi connectivity index (χ0n) is 14.0. The molecular formula is C18H22N4O2. The van der Waals surface area contributed by atoms with Gasteiger partial charge in [0.2, 0.25) is 5.91 Å². The molecule has 1 aromatic carbocycles. The number of aryl methyl sites for hydroxylation is 2. The number of anilines is 3. The number of carbonyl (C=O) groups is 1. The quantitative estimate of drug-likeness (QED) is 0.902. The number of hydrogen-bond acceptors (Lipinski definition) is 5. The summed E-state index contributed by atoms with van der Waals surface area (Å²) in [5.74, 6) is 1.10. The van der Waals surface area contributed by atoms with Gasteiger partial charge >= 0.3 is 0 Å². The molecule has 1 saturated heterocycles. The molecule has 0 unspecified atom stereocenters. The van der Waals surface area contributed by atoms with Crippen molar-refractivity contribution in [3.05, 3.63) is 41.5 Å². The van der Waals surface area contributed by atoms with Gasteiger partial charge in [-0.1, -0.05) is 12.1 Å². The van der Waals surface area contributed by atoms with Crippen LogP contribution in [-0.4, -0.2) is 29.3 Å². The minimum Gasteiger partial charge on any atom is -0.381 e. The predicted molar refractivity (Wildman–Crippen MR) is 93.4 cm³/mol. The van der Waals surface area contributed by atoms with Crippen molar-refractivity contribution in [1.82, 2.24) is 10.2 Å². The molecule has 0 spiro atoms. The first kappa shape index (κ1) is 16.4. The lowest BCUT2D eigenvalue weighted by molar-refractivity contribution is -0.122. The van der Waals surface area contributed by atoms with Crippen LogP contribution >= 0.6 is 0 Å². The monoisotopic (exact) mass is 326 g/mol. The molecule has 1 aromatic heterocycles. The number of hydrogen-bond donors (Lipinski definition) is 2. The Labute approximate surface area is 141 Å². The van der Waals surface area contributed by atoms with E-state index in [-0.39, 0.29) is 11.8 Å². The molecule has 2 heterocycles. The Hall–Kier alpha value is -2.47. The Morgan fingerprint density at radius 1 is 1.08 bits per heavy atom. The lowest BCUT2D eigenvalue weighted by Gasteiger charge is -2.20. The molecule has 0 atom stereocenters. The first-order chi connectivity index (χ1) is 11.6. The molecule has 126 valence electrons. The Balaban J connectivity index is 1.62. The predicted octanol–water partition coefficient (Wildman–Crippen LogP) is 3.20. The van der Waals surface area contributed by atoms with Gasteiger partial charge in [0.15, 0.2) is 11.6 Å². The van der Waals surface area contributed by atoms with Gasteiger partial charge in [0, 0.05) is 24.8 Å². The number of ether oxygens (including phenoxy) is 1. The molecule has 1 amide bonds. The first-order valence-corrected chi connectivity index (χ1v) is 8.18. The summed E-state index contributed by atoms with van der Waals surface area (Å²) in [7, 11) is 0. The van der Waals surface area contributed by atoms with E-state index in [2.05, 4.69) is 39.0 Å². The fourth-order valence-electron chi connectivity index (χ4n) is 2.66. The minimum atomic E-state index is -0.0113. The summed E-state index contributed by atoms with van der Waals surface area (Å²) < 4.78 is 5.27. The minimum absolute atomic E-state index is 0.00621. The molecule has 3 rings (SSSR count). The molecular weight excluding hydrogens is 304 g/mol. The summed E-state index contributed by atoms with van der Waals surface area (Å²) in [6.45, 7) is 5.37. The lowest BCUT2D eigenvalue weighted by atomic mass is 9.99. The zero-order valence-corrected chi connectivity index (χ0v) is 14.0. The number of nitrogens with zero attached hydrogens (tertiary/aromatic N) is 2. The van der Waals surface area contributed by atoms with E-state index in [1.807, 2.05) is 19.9 Å². The SMILES string of the molecule is Cc1ccc(C)c(Nc2ccc(NC(=O)C3CCOCC3)nn2)c1. The third kappa shape index (κ3) is 4.08. The van der Waals surface area contributed by atoms with E-state index in [1.54, 1.807) is 6.07 Å². The van der Waals surface area contributed by atoms with Crippen LogP contribution in [0.3, 0.4) is 0 Å². The van der Waals surface area contributed by atoms with Gasteiger partial charge < -0.3 is 15.4 Å². The van der Waals surface area contributed by atoms with Crippen molar-refractivity contribution >= 4 is 23.2 Å². The highest BCUT2D eigenvalue weighted by molar-refractivity contribution is 5.91. The van der Waals surface area contributed by atoms with Gasteiger partial charge in [-0.2, -0.15) is 0 Å². The van der Waals surface area contributed by atoms with E-state index in [9.17, 15) is 4.79 Å². The number of nitrogens with one attached hydrogen (secondary N) is 2.